The summed E-state index contributed by atoms with van der Waals surface area (Å²) in [6, 6.07) is 0.330. The standard InChI is InChI=1S/C12H24N2O/c1-9(2)5-4-6-10(3)14-12(15)11-7-13-8-11/h9-11,13H,4-8H2,1-3H3,(H,14,15). The van der Waals surface area contributed by atoms with Gasteiger partial charge in [-0.15, -0.1) is 0 Å². The fourth-order valence-electron chi connectivity index (χ4n) is 1.74. The highest BCUT2D eigenvalue weighted by molar-refractivity contribution is 5.80. The first-order valence-electron chi connectivity index (χ1n) is 6.10. The lowest BCUT2D eigenvalue weighted by molar-refractivity contribution is -0.127. The molecule has 0 aromatic heterocycles. The van der Waals surface area contributed by atoms with Crippen molar-refractivity contribution >= 4 is 5.91 Å². The highest BCUT2D eigenvalue weighted by Crippen LogP contribution is 2.09. The van der Waals surface area contributed by atoms with Crippen LogP contribution in [0.15, 0.2) is 0 Å². The number of hydrogen-bond acceptors (Lipinski definition) is 2. The normalized spacial score (nSPS) is 18.7. The molecule has 2 N–H and O–H groups in total. The van der Waals surface area contributed by atoms with Crippen molar-refractivity contribution in [2.24, 2.45) is 11.8 Å². The summed E-state index contributed by atoms with van der Waals surface area (Å²) in [5.74, 6) is 1.21. The minimum atomic E-state index is 0.220. The zero-order chi connectivity index (χ0) is 11.3. The average molecular weight is 212 g/mol. The van der Waals surface area contributed by atoms with E-state index >= 15 is 0 Å². The van der Waals surface area contributed by atoms with Crippen molar-refractivity contribution in [3.05, 3.63) is 0 Å². The van der Waals surface area contributed by atoms with Crippen molar-refractivity contribution in [3.8, 4) is 0 Å². The van der Waals surface area contributed by atoms with E-state index in [-0.39, 0.29) is 11.8 Å². The molecule has 15 heavy (non-hydrogen) atoms. The van der Waals surface area contributed by atoms with Gasteiger partial charge in [0.05, 0.1) is 5.92 Å². The first kappa shape index (κ1) is 12.5. The second-order valence-electron chi connectivity index (χ2n) is 5.09. The van der Waals surface area contributed by atoms with Gasteiger partial charge in [0.1, 0.15) is 0 Å². The zero-order valence-corrected chi connectivity index (χ0v) is 10.2. The van der Waals surface area contributed by atoms with Crippen molar-refractivity contribution < 1.29 is 4.79 Å². The Kier molecular flexibility index (Phi) is 5.09. The fraction of sp³-hybridized carbons (Fsp3) is 0.917. The number of carbonyl (C=O) groups excluding carboxylic acids is 1. The molecule has 3 heteroatoms. The third kappa shape index (κ3) is 4.65. The number of hydrogen-bond donors (Lipinski definition) is 2. The molecule has 1 amide bonds. The van der Waals surface area contributed by atoms with Crippen LogP contribution in [0.5, 0.6) is 0 Å². The van der Waals surface area contributed by atoms with Gasteiger partial charge in [-0.05, 0) is 19.3 Å². The summed E-state index contributed by atoms with van der Waals surface area (Å²) in [6.07, 6.45) is 3.57. The monoisotopic (exact) mass is 212 g/mol. The maximum Gasteiger partial charge on any atom is 0.225 e. The summed E-state index contributed by atoms with van der Waals surface area (Å²) in [5.41, 5.74) is 0. The van der Waals surface area contributed by atoms with Crippen LogP contribution in [0.4, 0.5) is 0 Å². The van der Waals surface area contributed by atoms with Gasteiger partial charge in [0.2, 0.25) is 5.91 Å². The van der Waals surface area contributed by atoms with Crippen LogP contribution in [0.25, 0.3) is 0 Å². The van der Waals surface area contributed by atoms with E-state index < -0.39 is 0 Å². The second kappa shape index (κ2) is 6.11. The molecule has 1 fully saturated rings. The van der Waals surface area contributed by atoms with Gasteiger partial charge in [-0.1, -0.05) is 26.7 Å². The number of carbonyl (C=O) groups is 1. The van der Waals surface area contributed by atoms with Crippen molar-refractivity contribution in [1.29, 1.82) is 0 Å². The van der Waals surface area contributed by atoms with Crippen LogP contribution in [0.1, 0.15) is 40.0 Å². The fourth-order valence-corrected chi connectivity index (χ4v) is 1.74. The molecular formula is C12H24N2O. The summed E-state index contributed by atoms with van der Waals surface area (Å²) in [4.78, 5) is 11.6. The molecule has 0 bridgehead atoms. The van der Waals surface area contributed by atoms with Crippen molar-refractivity contribution in [3.63, 3.8) is 0 Å². The molecular weight excluding hydrogens is 188 g/mol. The van der Waals surface area contributed by atoms with E-state index in [4.69, 9.17) is 0 Å². The molecule has 1 atom stereocenters. The summed E-state index contributed by atoms with van der Waals surface area (Å²) in [5, 5.41) is 6.19. The molecule has 0 spiro atoms. The molecule has 1 saturated heterocycles. The highest BCUT2D eigenvalue weighted by Gasteiger charge is 2.25. The van der Waals surface area contributed by atoms with Crippen LogP contribution in [-0.2, 0) is 4.79 Å². The first-order valence-corrected chi connectivity index (χ1v) is 6.10. The van der Waals surface area contributed by atoms with Crippen LogP contribution in [-0.4, -0.2) is 25.0 Å². The van der Waals surface area contributed by atoms with E-state index in [9.17, 15) is 4.79 Å². The minimum absolute atomic E-state index is 0.220. The minimum Gasteiger partial charge on any atom is -0.353 e. The predicted octanol–water partition coefficient (Wildman–Crippen LogP) is 1.54. The smallest absolute Gasteiger partial charge is 0.225 e. The van der Waals surface area contributed by atoms with Gasteiger partial charge in [0.25, 0.3) is 0 Å². The first-order chi connectivity index (χ1) is 7.09. The van der Waals surface area contributed by atoms with Gasteiger partial charge in [-0.2, -0.15) is 0 Å². The van der Waals surface area contributed by atoms with Gasteiger partial charge < -0.3 is 10.6 Å². The van der Waals surface area contributed by atoms with Crippen LogP contribution in [0, 0.1) is 11.8 Å². The largest absolute Gasteiger partial charge is 0.353 e. The molecule has 0 aromatic rings. The van der Waals surface area contributed by atoms with Crippen LogP contribution in [0.2, 0.25) is 0 Å². The van der Waals surface area contributed by atoms with Crippen LogP contribution >= 0.6 is 0 Å². The highest BCUT2D eigenvalue weighted by atomic mass is 16.2. The Hall–Kier alpha value is -0.570. The lowest BCUT2D eigenvalue weighted by Crippen LogP contribution is -2.52. The molecule has 3 nitrogen and oxygen atoms in total. The maximum atomic E-state index is 11.6. The van der Waals surface area contributed by atoms with Gasteiger partial charge >= 0.3 is 0 Å². The molecule has 0 aliphatic carbocycles. The maximum absolute atomic E-state index is 11.6. The quantitative estimate of drug-likeness (QED) is 0.701. The van der Waals surface area contributed by atoms with Crippen LogP contribution in [0.3, 0.4) is 0 Å². The summed E-state index contributed by atoms with van der Waals surface area (Å²) < 4.78 is 0. The van der Waals surface area contributed by atoms with Crippen LogP contribution < -0.4 is 10.6 Å². The van der Waals surface area contributed by atoms with Crippen molar-refractivity contribution in [1.82, 2.24) is 10.6 Å². The lowest BCUT2D eigenvalue weighted by atomic mass is 10.0. The Morgan fingerprint density at radius 1 is 1.33 bits per heavy atom. The number of amides is 1. The average Bonchev–Trinajstić information content (AvgIpc) is 1.98. The summed E-state index contributed by atoms with van der Waals surface area (Å²) in [7, 11) is 0. The van der Waals surface area contributed by atoms with E-state index in [1.165, 1.54) is 12.8 Å². The molecule has 0 saturated carbocycles. The Morgan fingerprint density at radius 2 is 2.00 bits per heavy atom. The van der Waals surface area contributed by atoms with Crippen molar-refractivity contribution in [2.75, 3.05) is 13.1 Å². The second-order valence-corrected chi connectivity index (χ2v) is 5.09. The molecule has 88 valence electrons. The molecule has 0 radical (unpaired) electrons. The van der Waals surface area contributed by atoms with E-state index in [2.05, 4.69) is 31.4 Å². The van der Waals surface area contributed by atoms with Gasteiger partial charge in [0.15, 0.2) is 0 Å². The Labute approximate surface area is 93.0 Å². The molecule has 0 aromatic carbocycles. The molecule has 1 aliphatic rings. The predicted molar refractivity (Wildman–Crippen MR) is 62.7 cm³/mol. The van der Waals surface area contributed by atoms with E-state index in [1.807, 2.05) is 0 Å². The Morgan fingerprint density at radius 3 is 2.47 bits per heavy atom. The molecule has 1 aliphatic heterocycles. The topological polar surface area (TPSA) is 41.1 Å². The molecule has 1 unspecified atom stereocenters. The third-order valence-electron chi connectivity index (χ3n) is 2.96. The number of rotatable bonds is 6. The van der Waals surface area contributed by atoms with Crippen molar-refractivity contribution in [2.45, 2.75) is 46.1 Å². The zero-order valence-electron chi connectivity index (χ0n) is 10.2. The van der Waals surface area contributed by atoms with Gasteiger partial charge in [-0.3, -0.25) is 4.79 Å². The summed E-state index contributed by atoms with van der Waals surface area (Å²) >= 11 is 0. The third-order valence-corrected chi connectivity index (χ3v) is 2.96. The Balaban J connectivity index is 2.06. The Bertz CT molecular complexity index is 200. The van der Waals surface area contributed by atoms with Gasteiger partial charge in [0, 0.05) is 19.1 Å². The number of nitrogens with one attached hydrogen (secondary N) is 2. The summed E-state index contributed by atoms with van der Waals surface area (Å²) in [6.45, 7) is 8.28. The SMILES string of the molecule is CC(C)CCCC(C)NC(=O)C1CNC1. The van der Waals surface area contributed by atoms with E-state index in [0.29, 0.717) is 6.04 Å². The lowest BCUT2D eigenvalue weighted by Gasteiger charge is -2.27. The molecule has 1 rings (SSSR count). The molecule has 1 heterocycles. The van der Waals surface area contributed by atoms with Gasteiger partial charge in [-0.25, -0.2) is 0 Å². The van der Waals surface area contributed by atoms with E-state index in [1.54, 1.807) is 0 Å². The van der Waals surface area contributed by atoms with E-state index in [0.717, 1.165) is 25.4 Å².